The lowest BCUT2D eigenvalue weighted by molar-refractivity contribution is 0.413. The number of benzene rings is 2. The smallest absolute Gasteiger partial charge is 0.354 e. The summed E-state index contributed by atoms with van der Waals surface area (Å²) in [6.45, 7) is 2.22. The van der Waals surface area contributed by atoms with E-state index >= 15 is 0 Å². The maximum Gasteiger partial charge on any atom is 0.354 e. The van der Waals surface area contributed by atoms with Gasteiger partial charge in [-0.1, -0.05) is 17.8 Å². The molecule has 0 aliphatic heterocycles. The maximum atomic E-state index is 13.1. The monoisotopic (exact) mass is 425 g/mol. The Balaban J connectivity index is 2.04. The first-order valence-corrected chi connectivity index (χ1v) is 10.0. The minimum absolute atomic E-state index is 0.0380. The molecule has 0 unspecified atom stereocenters. The van der Waals surface area contributed by atoms with Crippen molar-refractivity contribution in [2.45, 2.75) is 23.3 Å². The molecule has 154 valence electrons. The number of rotatable bonds is 5. The Kier molecular flexibility index (Phi) is 5.17. The zero-order chi connectivity index (χ0) is 21.4. The van der Waals surface area contributed by atoms with Gasteiger partial charge in [0.1, 0.15) is 21.8 Å². The van der Waals surface area contributed by atoms with Crippen LogP contribution in [0.5, 0.6) is 17.2 Å². The minimum Gasteiger partial charge on any atom is -0.505 e. The van der Waals surface area contributed by atoms with Gasteiger partial charge in [-0.3, -0.25) is 4.79 Å². The maximum absolute atomic E-state index is 13.1. The molecule has 2 heterocycles. The van der Waals surface area contributed by atoms with Gasteiger partial charge in [0.05, 0.1) is 19.7 Å². The number of aryl methyl sites for hydroxylation is 1. The molecule has 30 heavy (non-hydrogen) atoms. The molecule has 0 saturated heterocycles. The fraction of sp³-hybridized carbons (Fsp3) is 0.182. The molecule has 8 heteroatoms. The highest BCUT2D eigenvalue weighted by molar-refractivity contribution is 7.99. The standard InChI is InChI=1S/C22H19NO6S/c1-4-23-16-9-8-13(28-3)11-15(16)19-17(21(23)25)18(24)20(22(26)29-19)30-14-7-5-6-12(10-14)27-2/h5-11,24H,4H2,1-3H3. The zero-order valence-corrected chi connectivity index (χ0v) is 17.4. The first-order chi connectivity index (χ1) is 14.5. The van der Waals surface area contributed by atoms with E-state index < -0.39 is 16.9 Å². The van der Waals surface area contributed by atoms with Crippen molar-refractivity contribution >= 4 is 33.6 Å². The Morgan fingerprint density at radius 2 is 1.80 bits per heavy atom. The Morgan fingerprint density at radius 3 is 2.50 bits per heavy atom. The van der Waals surface area contributed by atoms with Crippen molar-refractivity contribution in [3.05, 3.63) is 63.2 Å². The second kappa shape index (κ2) is 7.79. The van der Waals surface area contributed by atoms with Gasteiger partial charge in [-0.25, -0.2) is 4.79 Å². The summed E-state index contributed by atoms with van der Waals surface area (Å²) in [5.74, 6) is 0.754. The number of nitrogens with zero attached hydrogens (tertiary/aromatic N) is 1. The number of fused-ring (bicyclic) bond motifs is 3. The first kappa shape index (κ1) is 19.9. The predicted octanol–water partition coefficient (Wildman–Crippen LogP) is 4.00. The third-order valence-electron chi connectivity index (χ3n) is 4.83. The van der Waals surface area contributed by atoms with E-state index in [-0.39, 0.29) is 15.9 Å². The second-order valence-corrected chi connectivity index (χ2v) is 7.57. The lowest BCUT2D eigenvalue weighted by Gasteiger charge is -2.13. The third-order valence-corrected chi connectivity index (χ3v) is 5.89. The van der Waals surface area contributed by atoms with Gasteiger partial charge >= 0.3 is 5.63 Å². The number of hydrogen-bond donors (Lipinski definition) is 1. The first-order valence-electron chi connectivity index (χ1n) is 9.20. The molecule has 0 saturated carbocycles. The van der Waals surface area contributed by atoms with Crippen molar-refractivity contribution in [3.63, 3.8) is 0 Å². The van der Waals surface area contributed by atoms with Gasteiger partial charge in [0.25, 0.3) is 5.56 Å². The van der Waals surface area contributed by atoms with E-state index in [4.69, 9.17) is 13.9 Å². The molecular weight excluding hydrogens is 406 g/mol. The lowest BCUT2D eigenvalue weighted by Crippen LogP contribution is -2.21. The summed E-state index contributed by atoms with van der Waals surface area (Å²) in [7, 11) is 3.06. The molecule has 0 spiro atoms. The summed E-state index contributed by atoms with van der Waals surface area (Å²) in [6, 6.07) is 12.2. The number of aromatic nitrogens is 1. The van der Waals surface area contributed by atoms with Crippen LogP contribution in [0.1, 0.15) is 6.92 Å². The molecule has 2 aromatic heterocycles. The van der Waals surface area contributed by atoms with E-state index in [0.29, 0.717) is 33.8 Å². The minimum atomic E-state index is -0.731. The highest BCUT2D eigenvalue weighted by Crippen LogP contribution is 2.38. The molecule has 1 N–H and O–H groups in total. The SMILES string of the molecule is CCn1c(=O)c2c(O)c(Sc3cccc(OC)c3)c(=O)oc2c2cc(OC)ccc21. The molecule has 0 bridgehead atoms. The lowest BCUT2D eigenvalue weighted by atomic mass is 10.1. The zero-order valence-electron chi connectivity index (χ0n) is 16.6. The van der Waals surface area contributed by atoms with Crippen molar-refractivity contribution < 1.29 is 19.0 Å². The Labute approximate surface area is 175 Å². The summed E-state index contributed by atoms with van der Waals surface area (Å²) in [4.78, 5) is 26.5. The van der Waals surface area contributed by atoms with Crippen LogP contribution in [0, 0.1) is 0 Å². The van der Waals surface area contributed by atoms with Crippen LogP contribution >= 0.6 is 11.8 Å². The molecule has 0 radical (unpaired) electrons. The van der Waals surface area contributed by atoms with Gasteiger partial charge in [0.15, 0.2) is 11.3 Å². The molecule has 4 aromatic rings. The van der Waals surface area contributed by atoms with Crippen LogP contribution in [0.15, 0.2) is 66.3 Å². The number of hydrogen-bond acceptors (Lipinski definition) is 7. The fourth-order valence-electron chi connectivity index (χ4n) is 3.39. The van der Waals surface area contributed by atoms with Crippen molar-refractivity contribution in [1.82, 2.24) is 4.57 Å². The average molecular weight is 425 g/mol. The number of aromatic hydroxyl groups is 1. The summed E-state index contributed by atoms with van der Waals surface area (Å²) in [6.07, 6.45) is 0. The Morgan fingerprint density at radius 1 is 1.07 bits per heavy atom. The number of methoxy groups -OCH3 is 2. The van der Waals surface area contributed by atoms with E-state index in [1.165, 1.54) is 18.8 Å². The van der Waals surface area contributed by atoms with Crippen LogP contribution in [-0.4, -0.2) is 23.9 Å². The largest absolute Gasteiger partial charge is 0.505 e. The van der Waals surface area contributed by atoms with E-state index in [0.717, 1.165) is 11.8 Å². The molecule has 2 aromatic carbocycles. The van der Waals surface area contributed by atoms with Gasteiger partial charge < -0.3 is 23.6 Å². The highest BCUT2D eigenvalue weighted by Gasteiger charge is 2.22. The predicted molar refractivity (Wildman–Crippen MR) is 115 cm³/mol. The molecule has 4 rings (SSSR count). The van der Waals surface area contributed by atoms with E-state index in [9.17, 15) is 14.7 Å². The summed E-state index contributed by atoms with van der Waals surface area (Å²) < 4.78 is 17.6. The number of pyridine rings is 1. The van der Waals surface area contributed by atoms with Crippen molar-refractivity contribution in [2.75, 3.05) is 14.2 Å². The van der Waals surface area contributed by atoms with Crippen LogP contribution in [0.2, 0.25) is 0 Å². The Hall–Kier alpha value is -3.39. The van der Waals surface area contributed by atoms with Gasteiger partial charge in [0.2, 0.25) is 0 Å². The van der Waals surface area contributed by atoms with Gasteiger partial charge in [0, 0.05) is 16.8 Å². The summed E-state index contributed by atoms with van der Waals surface area (Å²) >= 11 is 1.01. The normalized spacial score (nSPS) is 11.2. The molecular formula is C22H19NO6S. The highest BCUT2D eigenvalue weighted by atomic mass is 32.2. The quantitative estimate of drug-likeness (QED) is 0.483. The third kappa shape index (κ3) is 3.19. The van der Waals surface area contributed by atoms with E-state index in [1.54, 1.807) is 42.5 Å². The summed E-state index contributed by atoms with van der Waals surface area (Å²) in [5, 5.41) is 11.4. The van der Waals surface area contributed by atoms with Crippen molar-refractivity contribution in [1.29, 1.82) is 0 Å². The summed E-state index contributed by atoms with van der Waals surface area (Å²) in [5.41, 5.74) is -0.535. The fourth-order valence-corrected chi connectivity index (χ4v) is 4.27. The molecule has 7 nitrogen and oxygen atoms in total. The number of ether oxygens (including phenoxy) is 2. The van der Waals surface area contributed by atoms with Crippen LogP contribution < -0.4 is 20.7 Å². The van der Waals surface area contributed by atoms with Gasteiger partial charge in [-0.2, -0.15) is 0 Å². The van der Waals surface area contributed by atoms with Crippen molar-refractivity contribution in [2.24, 2.45) is 0 Å². The Bertz CT molecular complexity index is 1390. The molecule has 0 amide bonds. The van der Waals surface area contributed by atoms with Gasteiger partial charge in [-0.05, 0) is 43.3 Å². The molecule has 0 aliphatic rings. The second-order valence-electron chi connectivity index (χ2n) is 6.48. The van der Waals surface area contributed by atoms with Crippen LogP contribution in [0.25, 0.3) is 21.9 Å². The molecule has 0 fully saturated rings. The molecule has 0 aliphatic carbocycles. The van der Waals surface area contributed by atoms with E-state index in [2.05, 4.69) is 0 Å². The van der Waals surface area contributed by atoms with Crippen LogP contribution in [0.3, 0.4) is 0 Å². The van der Waals surface area contributed by atoms with Crippen LogP contribution in [-0.2, 0) is 6.54 Å². The average Bonchev–Trinajstić information content (AvgIpc) is 2.76. The van der Waals surface area contributed by atoms with Gasteiger partial charge in [-0.15, -0.1) is 0 Å². The van der Waals surface area contributed by atoms with E-state index in [1.807, 2.05) is 6.92 Å². The topological polar surface area (TPSA) is 90.9 Å². The van der Waals surface area contributed by atoms with Crippen molar-refractivity contribution in [3.8, 4) is 17.2 Å². The van der Waals surface area contributed by atoms with Crippen LogP contribution in [0.4, 0.5) is 0 Å². The molecule has 0 atom stereocenters.